The van der Waals surface area contributed by atoms with Gasteiger partial charge in [0.1, 0.15) is 6.04 Å². The minimum Gasteiger partial charge on any atom is -0.481 e. The second kappa shape index (κ2) is 6.88. The van der Waals surface area contributed by atoms with Gasteiger partial charge in [0.05, 0.1) is 6.42 Å². The van der Waals surface area contributed by atoms with E-state index in [1.807, 2.05) is 13.8 Å². The summed E-state index contributed by atoms with van der Waals surface area (Å²) in [7, 11) is 1.55. The van der Waals surface area contributed by atoms with E-state index >= 15 is 0 Å². The molecule has 0 saturated carbocycles. The molecule has 1 aromatic rings. The standard InChI is InChI=1S/C14H20N2O4/c1-4-11(14(20)15(3)7-6-13(18)19)16-8-5-10(2)9-12(16)17/h5,8-9,11H,4,6-7H2,1-3H3,(H,18,19). The maximum absolute atomic E-state index is 12.3. The molecule has 1 atom stereocenters. The Morgan fingerprint density at radius 1 is 1.45 bits per heavy atom. The number of aliphatic carboxylic acids is 1. The van der Waals surface area contributed by atoms with Crippen molar-refractivity contribution in [1.82, 2.24) is 9.47 Å². The molecule has 1 amide bonds. The monoisotopic (exact) mass is 280 g/mol. The van der Waals surface area contributed by atoms with Gasteiger partial charge in [-0.05, 0) is 25.0 Å². The summed E-state index contributed by atoms with van der Waals surface area (Å²) in [4.78, 5) is 36.1. The molecule has 1 unspecified atom stereocenters. The molecule has 1 rings (SSSR count). The number of rotatable bonds is 6. The number of likely N-dealkylation sites (N-methyl/N-ethyl adjacent to an activating group) is 1. The number of amides is 1. The van der Waals surface area contributed by atoms with Gasteiger partial charge < -0.3 is 14.6 Å². The lowest BCUT2D eigenvalue weighted by Crippen LogP contribution is -2.38. The van der Waals surface area contributed by atoms with E-state index in [4.69, 9.17) is 5.11 Å². The highest BCUT2D eigenvalue weighted by atomic mass is 16.4. The van der Waals surface area contributed by atoms with Gasteiger partial charge in [-0.25, -0.2) is 0 Å². The van der Waals surface area contributed by atoms with Gasteiger partial charge in [-0.3, -0.25) is 14.4 Å². The van der Waals surface area contributed by atoms with E-state index in [1.54, 1.807) is 19.3 Å². The number of aromatic nitrogens is 1. The van der Waals surface area contributed by atoms with Crippen LogP contribution in [0.3, 0.4) is 0 Å². The molecule has 20 heavy (non-hydrogen) atoms. The highest BCUT2D eigenvalue weighted by Gasteiger charge is 2.23. The van der Waals surface area contributed by atoms with Gasteiger partial charge in [0.15, 0.2) is 0 Å². The van der Waals surface area contributed by atoms with E-state index in [0.717, 1.165) is 5.56 Å². The number of carbonyl (C=O) groups excluding carboxylic acids is 1. The maximum atomic E-state index is 12.3. The summed E-state index contributed by atoms with van der Waals surface area (Å²) in [5.41, 5.74) is 0.615. The Hall–Kier alpha value is -2.11. The quantitative estimate of drug-likeness (QED) is 0.844. The van der Waals surface area contributed by atoms with E-state index in [9.17, 15) is 14.4 Å². The van der Waals surface area contributed by atoms with Crippen LogP contribution in [0.15, 0.2) is 23.1 Å². The number of carbonyl (C=O) groups is 2. The molecule has 0 aliphatic rings. The van der Waals surface area contributed by atoms with Crippen LogP contribution in [0.5, 0.6) is 0 Å². The van der Waals surface area contributed by atoms with E-state index in [-0.39, 0.29) is 24.4 Å². The topological polar surface area (TPSA) is 79.6 Å². The zero-order chi connectivity index (χ0) is 15.3. The third-order valence-electron chi connectivity index (χ3n) is 3.15. The second-order valence-corrected chi connectivity index (χ2v) is 4.78. The van der Waals surface area contributed by atoms with Crippen molar-refractivity contribution in [2.45, 2.75) is 32.7 Å². The number of carboxylic acids is 1. The minimum absolute atomic E-state index is 0.110. The first kappa shape index (κ1) is 15.9. The average molecular weight is 280 g/mol. The van der Waals surface area contributed by atoms with Crippen LogP contribution in [0.1, 0.15) is 31.4 Å². The van der Waals surface area contributed by atoms with Gasteiger partial charge >= 0.3 is 5.97 Å². The number of hydrogen-bond donors (Lipinski definition) is 1. The molecule has 1 N–H and O–H groups in total. The van der Waals surface area contributed by atoms with Crippen LogP contribution in [0, 0.1) is 6.92 Å². The van der Waals surface area contributed by atoms with Crippen molar-refractivity contribution in [2.24, 2.45) is 0 Å². The van der Waals surface area contributed by atoms with Crippen LogP contribution < -0.4 is 5.56 Å². The Kier molecular flexibility index (Phi) is 5.49. The normalized spacial score (nSPS) is 11.9. The van der Waals surface area contributed by atoms with Crippen molar-refractivity contribution < 1.29 is 14.7 Å². The number of hydrogen-bond acceptors (Lipinski definition) is 3. The summed E-state index contributed by atoms with van der Waals surface area (Å²) in [6.07, 6.45) is 1.97. The number of pyridine rings is 1. The molecular weight excluding hydrogens is 260 g/mol. The Bertz CT molecular complexity index is 550. The molecule has 0 spiro atoms. The van der Waals surface area contributed by atoms with Crippen molar-refractivity contribution >= 4 is 11.9 Å². The van der Waals surface area contributed by atoms with Crippen LogP contribution in [-0.4, -0.2) is 40.0 Å². The van der Waals surface area contributed by atoms with Crippen molar-refractivity contribution in [1.29, 1.82) is 0 Å². The molecule has 0 aromatic carbocycles. The predicted molar refractivity (Wildman–Crippen MR) is 74.7 cm³/mol. The molecule has 0 aliphatic heterocycles. The second-order valence-electron chi connectivity index (χ2n) is 4.78. The number of carboxylic acid groups (broad SMARTS) is 1. The molecule has 110 valence electrons. The van der Waals surface area contributed by atoms with Crippen LogP contribution >= 0.6 is 0 Å². The van der Waals surface area contributed by atoms with Crippen molar-refractivity contribution in [3.63, 3.8) is 0 Å². The Balaban J connectivity index is 2.92. The van der Waals surface area contributed by atoms with E-state index in [2.05, 4.69) is 0 Å². The van der Waals surface area contributed by atoms with Gasteiger partial charge in [0.2, 0.25) is 5.91 Å². The third kappa shape index (κ3) is 3.94. The zero-order valence-electron chi connectivity index (χ0n) is 12.0. The Morgan fingerprint density at radius 3 is 2.60 bits per heavy atom. The van der Waals surface area contributed by atoms with Crippen molar-refractivity contribution in [3.05, 3.63) is 34.2 Å². The molecule has 0 radical (unpaired) electrons. The smallest absolute Gasteiger partial charge is 0.305 e. The molecule has 0 fully saturated rings. The summed E-state index contributed by atoms with van der Waals surface area (Å²) in [5, 5.41) is 8.64. The SMILES string of the molecule is CCC(C(=O)N(C)CCC(=O)O)n1ccc(C)cc1=O. The molecule has 1 aromatic heterocycles. The summed E-state index contributed by atoms with van der Waals surface area (Å²) in [6, 6.07) is 2.66. The van der Waals surface area contributed by atoms with Gasteiger partial charge in [-0.15, -0.1) is 0 Å². The van der Waals surface area contributed by atoms with Gasteiger partial charge in [0, 0.05) is 25.9 Å². The molecule has 1 heterocycles. The summed E-state index contributed by atoms with van der Waals surface area (Å²) in [6.45, 7) is 3.76. The number of nitrogens with zero attached hydrogens (tertiary/aromatic N) is 2. The highest BCUT2D eigenvalue weighted by Crippen LogP contribution is 2.12. The molecule has 6 nitrogen and oxygen atoms in total. The predicted octanol–water partition coefficient (Wildman–Crippen LogP) is 1.04. The first-order valence-corrected chi connectivity index (χ1v) is 6.52. The number of aryl methyl sites for hydroxylation is 1. The van der Waals surface area contributed by atoms with Gasteiger partial charge in [0.25, 0.3) is 5.56 Å². The fourth-order valence-corrected chi connectivity index (χ4v) is 1.96. The first-order chi connectivity index (χ1) is 9.36. The lowest BCUT2D eigenvalue weighted by atomic mass is 10.1. The van der Waals surface area contributed by atoms with Crippen LogP contribution in [0.2, 0.25) is 0 Å². The Morgan fingerprint density at radius 2 is 2.10 bits per heavy atom. The molecular formula is C14H20N2O4. The van der Waals surface area contributed by atoms with E-state index in [0.29, 0.717) is 6.42 Å². The molecule has 0 aliphatic carbocycles. The third-order valence-corrected chi connectivity index (χ3v) is 3.15. The first-order valence-electron chi connectivity index (χ1n) is 6.52. The van der Waals surface area contributed by atoms with E-state index < -0.39 is 12.0 Å². The Labute approximate surface area is 117 Å². The lowest BCUT2D eigenvalue weighted by Gasteiger charge is -2.24. The fourth-order valence-electron chi connectivity index (χ4n) is 1.96. The van der Waals surface area contributed by atoms with Crippen molar-refractivity contribution in [3.8, 4) is 0 Å². The van der Waals surface area contributed by atoms with Crippen LogP contribution in [-0.2, 0) is 9.59 Å². The summed E-state index contributed by atoms with van der Waals surface area (Å²) in [5.74, 6) is -1.20. The zero-order valence-corrected chi connectivity index (χ0v) is 12.0. The van der Waals surface area contributed by atoms with Gasteiger partial charge in [-0.2, -0.15) is 0 Å². The summed E-state index contributed by atoms with van der Waals surface area (Å²) >= 11 is 0. The molecule has 6 heteroatoms. The van der Waals surface area contributed by atoms with Crippen molar-refractivity contribution in [2.75, 3.05) is 13.6 Å². The van der Waals surface area contributed by atoms with Gasteiger partial charge in [-0.1, -0.05) is 6.92 Å². The molecule has 0 bridgehead atoms. The van der Waals surface area contributed by atoms with Crippen LogP contribution in [0.25, 0.3) is 0 Å². The van der Waals surface area contributed by atoms with Crippen LogP contribution in [0.4, 0.5) is 0 Å². The summed E-state index contributed by atoms with van der Waals surface area (Å²) < 4.78 is 1.40. The minimum atomic E-state index is -0.954. The lowest BCUT2D eigenvalue weighted by molar-refractivity contribution is -0.139. The largest absolute Gasteiger partial charge is 0.481 e. The highest BCUT2D eigenvalue weighted by molar-refractivity contribution is 5.80. The maximum Gasteiger partial charge on any atom is 0.305 e. The van der Waals surface area contributed by atoms with E-state index in [1.165, 1.54) is 15.5 Å². The average Bonchev–Trinajstić information content (AvgIpc) is 2.38. The molecule has 0 saturated heterocycles. The fraction of sp³-hybridized carbons (Fsp3) is 0.500.